The van der Waals surface area contributed by atoms with Crippen LogP contribution in [-0.2, 0) is 19.5 Å². The number of halogens is 2. The number of esters is 1. The van der Waals surface area contributed by atoms with Gasteiger partial charge in [0, 0.05) is 0 Å². The van der Waals surface area contributed by atoms with Crippen molar-refractivity contribution in [3.05, 3.63) is 28.0 Å². The van der Waals surface area contributed by atoms with Crippen molar-refractivity contribution in [1.29, 1.82) is 0 Å². The molecule has 1 heterocycles. The molecule has 1 aromatic rings. The fourth-order valence-corrected chi connectivity index (χ4v) is 2.93. The highest BCUT2D eigenvalue weighted by Crippen LogP contribution is 2.26. The number of carbonyl (C=O) groups excluding carboxylic acids is 1. The van der Waals surface area contributed by atoms with Crippen LogP contribution in [-0.4, -0.2) is 33.7 Å². The zero-order valence-corrected chi connectivity index (χ0v) is 11.8. The lowest BCUT2D eigenvalue weighted by atomic mass is 10.2. The van der Waals surface area contributed by atoms with Crippen LogP contribution in [0.2, 0.25) is 0 Å². The van der Waals surface area contributed by atoms with Crippen LogP contribution >= 0.6 is 15.9 Å². The first kappa shape index (κ1) is 14.4. The zero-order valence-electron chi connectivity index (χ0n) is 9.43. The average Bonchev–Trinajstić information content (AvgIpc) is 2.25. The third kappa shape index (κ3) is 3.11. The Hall–Kier alpha value is -1.03. The summed E-state index contributed by atoms with van der Waals surface area (Å²) in [6.45, 7) is 0.541. The van der Waals surface area contributed by atoms with Crippen molar-refractivity contribution in [1.82, 2.24) is 0 Å². The molecule has 6 nitrogen and oxygen atoms in total. The highest BCUT2D eigenvalue weighted by Gasteiger charge is 2.26. The van der Waals surface area contributed by atoms with Gasteiger partial charge in [0.15, 0.2) is 0 Å². The van der Waals surface area contributed by atoms with Crippen molar-refractivity contribution < 1.29 is 27.1 Å². The Morgan fingerprint density at radius 1 is 1.47 bits per heavy atom. The molecule has 19 heavy (non-hydrogen) atoms. The second-order valence-electron chi connectivity index (χ2n) is 3.88. The van der Waals surface area contributed by atoms with E-state index in [0.717, 1.165) is 12.1 Å². The van der Waals surface area contributed by atoms with E-state index in [9.17, 15) is 17.6 Å². The molecule has 0 atom stereocenters. The second-order valence-corrected chi connectivity index (χ2v) is 6.20. The largest absolute Gasteiger partial charge is 0.454 e. The van der Waals surface area contributed by atoms with Gasteiger partial charge < -0.3 is 9.47 Å². The van der Waals surface area contributed by atoms with Gasteiger partial charge in [-0.2, -0.15) is 0 Å². The molecule has 1 aromatic carbocycles. The molecule has 9 heteroatoms. The van der Waals surface area contributed by atoms with Gasteiger partial charge in [0.05, 0.1) is 28.1 Å². The summed E-state index contributed by atoms with van der Waals surface area (Å²) in [4.78, 5) is 11.2. The van der Waals surface area contributed by atoms with E-state index in [4.69, 9.17) is 14.6 Å². The lowest BCUT2D eigenvalue weighted by Crippen LogP contribution is -2.37. The van der Waals surface area contributed by atoms with E-state index >= 15 is 0 Å². The molecule has 0 aliphatic carbocycles. The first-order valence-corrected chi connectivity index (χ1v) is 7.43. The molecule has 2 N–H and O–H groups in total. The van der Waals surface area contributed by atoms with E-state index in [1.165, 1.54) is 0 Å². The fourth-order valence-electron chi connectivity index (χ4n) is 1.39. The maximum Gasteiger partial charge on any atom is 0.338 e. The smallest absolute Gasteiger partial charge is 0.338 e. The summed E-state index contributed by atoms with van der Waals surface area (Å²) in [7, 11) is -4.15. The molecule has 0 amide bonds. The van der Waals surface area contributed by atoms with Gasteiger partial charge in [-0.05, 0) is 28.1 Å². The maximum atomic E-state index is 13.6. The van der Waals surface area contributed by atoms with Gasteiger partial charge in [-0.15, -0.1) is 0 Å². The molecule has 0 spiro atoms. The normalized spacial score (nSPS) is 15.9. The predicted octanol–water partition coefficient (Wildman–Crippen LogP) is 0.791. The van der Waals surface area contributed by atoms with Crippen molar-refractivity contribution in [3.63, 3.8) is 0 Å². The summed E-state index contributed by atoms with van der Waals surface area (Å²) in [5, 5.41) is 4.94. The summed E-state index contributed by atoms with van der Waals surface area (Å²) < 4.78 is 45.6. The minimum Gasteiger partial charge on any atom is -0.454 e. The third-order valence-electron chi connectivity index (χ3n) is 2.42. The number of ether oxygens (including phenoxy) is 2. The molecule has 104 valence electrons. The average molecular weight is 354 g/mol. The van der Waals surface area contributed by atoms with Crippen LogP contribution in [0.1, 0.15) is 10.4 Å². The summed E-state index contributed by atoms with van der Waals surface area (Å²) in [6, 6.07) is 1.84. The van der Waals surface area contributed by atoms with Crippen molar-refractivity contribution >= 4 is 31.9 Å². The third-order valence-corrected chi connectivity index (χ3v) is 4.42. The number of nitrogens with two attached hydrogens (primary N) is 1. The summed E-state index contributed by atoms with van der Waals surface area (Å²) >= 11 is 2.77. The fraction of sp³-hybridized carbons (Fsp3) is 0.300. The van der Waals surface area contributed by atoms with Gasteiger partial charge in [0.25, 0.3) is 0 Å². The van der Waals surface area contributed by atoms with Gasteiger partial charge in [-0.1, -0.05) is 0 Å². The monoisotopic (exact) mass is 353 g/mol. The summed E-state index contributed by atoms with van der Waals surface area (Å²) in [5.41, 5.74) is -0.225. The molecule has 0 unspecified atom stereocenters. The number of benzene rings is 1. The number of hydrogen-bond donors (Lipinski definition) is 1. The Balaban J connectivity index is 2.36. The van der Waals surface area contributed by atoms with Crippen molar-refractivity contribution in [2.75, 3.05) is 13.2 Å². The van der Waals surface area contributed by atoms with Crippen molar-refractivity contribution in [3.8, 4) is 0 Å². The van der Waals surface area contributed by atoms with Crippen molar-refractivity contribution in [2.45, 2.75) is 11.0 Å². The highest BCUT2D eigenvalue weighted by molar-refractivity contribution is 9.10. The Morgan fingerprint density at radius 2 is 2.11 bits per heavy atom. The molecular weight excluding hydrogens is 345 g/mol. The SMILES string of the molecule is NS(=O)(=O)c1cc(C(=O)OC2COC2)cc(F)c1Br. The van der Waals surface area contributed by atoms with Gasteiger partial charge >= 0.3 is 5.97 Å². The topological polar surface area (TPSA) is 95.7 Å². The van der Waals surface area contributed by atoms with Crippen LogP contribution < -0.4 is 5.14 Å². The minimum absolute atomic E-state index is 0.225. The zero-order chi connectivity index (χ0) is 14.2. The molecule has 1 saturated heterocycles. The molecule has 0 bridgehead atoms. The van der Waals surface area contributed by atoms with Gasteiger partial charge in [-0.25, -0.2) is 22.7 Å². The number of hydrogen-bond acceptors (Lipinski definition) is 5. The van der Waals surface area contributed by atoms with E-state index < -0.39 is 32.8 Å². The molecule has 0 radical (unpaired) electrons. The van der Waals surface area contributed by atoms with E-state index in [0.29, 0.717) is 0 Å². The number of rotatable bonds is 3. The molecule has 0 saturated carbocycles. The van der Waals surface area contributed by atoms with Crippen molar-refractivity contribution in [2.24, 2.45) is 5.14 Å². The lowest BCUT2D eigenvalue weighted by molar-refractivity contribution is -0.103. The molecule has 1 aliphatic rings. The van der Waals surface area contributed by atoms with E-state index in [1.807, 2.05) is 0 Å². The number of carbonyl (C=O) groups is 1. The Kier molecular flexibility index (Phi) is 3.90. The number of primary sulfonamides is 1. The first-order valence-electron chi connectivity index (χ1n) is 5.09. The van der Waals surface area contributed by atoms with E-state index in [-0.39, 0.29) is 23.2 Å². The highest BCUT2D eigenvalue weighted by atomic mass is 79.9. The standard InChI is InChI=1S/C10H9BrFNO5S/c11-9-7(12)1-5(2-8(9)19(13,15)16)10(14)18-6-3-17-4-6/h1-2,6H,3-4H2,(H2,13,15,16). The predicted molar refractivity (Wildman–Crippen MR) is 65.5 cm³/mol. The van der Waals surface area contributed by atoms with Crippen LogP contribution in [0.3, 0.4) is 0 Å². The first-order chi connectivity index (χ1) is 8.79. The van der Waals surface area contributed by atoms with E-state index in [1.54, 1.807) is 0 Å². The molecule has 0 aromatic heterocycles. The van der Waals surface area contributed by atoms with Gasteiger partial charge in [-0.3, -0.25) is 0 Å². The van der Waals surface area contributed by atoms with Crippen LogP contribution in [0, 0.1) is 5.82 Å². The lowest BCUT2D eigenvalue weighted by Gasteiger charge is -2.25. The quantitative estimate of drug-likeness (QED) is 0.810. The Labute approximate surface area is 116 Å². The summed E-state index contributed by atoms with van der Waals surface area (Å²) in [5.74, 6) is -1.74. The molecular formula is C10H9BrFNO5S. The number of sulfonamides is 1. The van der Waals surface area contributed by atoms with Crippen LogP contribution in [0.25, 0.3) is 0 Å². The van der Waals surface area contributed by atoms with Crippen LogP contribution in [0.4, 0.5) is 4.39 Å². The Morgan fingerprint density at radius 3 is 2.58 bits per heavy atom. The summed E-state index contributed by atoms with van der Waals surface area (Å²) in [6.07, 6.45) is -0.392. The second kappa shape index (κ2) is 5.16. The maximum absolute atomic E-state index is 13.6. The minimum atomic E-state index is -4.15. The molecule has 2 rings (SSSR count). The van der Waals surface area contributed by atoms with Crippen LogP contribution in [0.5, 0.6) is 0 Å². The Bertz CT molecular complexity index is 629. The van der Waals surface area contributed by atoms with Crippen LogP contribution in [0.15, 0.2) is 21.5 Å². The van der Waals surface area contributed by atoms with Gasteiger partial charge in [0.1, 0.15) is 11.9 Å². The van der Waals surface area contributed by atoms with E-state index in [2.05, 4.69) is 15.9 Å². The van der Waals surface area contributed by atoms with Gasteiger partial charge in [0.2, 0.25) is 10.0 Å². The molecule has 1 aliphatic heterocycles. The molecule has 1 fully saturated rings.